The first-order valence-electron chi connectivity index (χ1n) is 6.95. The van der Waals surface area contributed by atoms with Gasteiger partial charge in [-0.25, -0.2) is 4.98 Å². The summed E-state index contributed by atoms with van der Waals surface area (Å²) in [5, 5.41) is 4.24. The molecule has 0 bridgehead atoms. The van der Waals surface area contributed by atoms with Gasteiger partial charge in [-0.05, 0) is 18.1 Å². The van der Waals surface area contributed by atoms with Gasteiger partial charge in [-0.1, -0.05) is 38.5 Å². The fourth-order valence-corrected chi connectivity index (χ4v) is 3.62. The summed E-state index contributed by atoms with van der Waals surface area (Å²) in [5.41, 5.74) is -0.358. The second-order valence-corrected chi connectivity index (χ2v) is 6.16. The lowest BCUT2D eigenvalue weighted by atomic mass is 9.99. The number of thioether (sulfide) groups is 1. The van der Waals surface area contributed by atoms with Gasteiger partial charge in [0.2, 0.25) is 0 Å². The smallest absolute Gasteiger partial charge is 0.334 e. The molecule has 1 N–H and O–H groups in total. The van der Waals surface area contributed by atoms with Crippen LogP contribution < -0.4 is 5.32 Å². The predicted molar refractivity (Wildman–Crippen MR) is 80.6 cm³/mol. The SMILES string of the molecule is CCC(CC)C1CN=C(Nc2ccc(C(F)(F)F)nc2)S1. The van der Waals surface area contributed by atoms with Crippen LogP contribution in [0.4, 0.5) is 18.9 Å². The molecule has 1 aliphatic rings. The monoisotopic (exact) mass is 317 g/mol. The van der Waals surface area contributed by atoms with Crippen molar-refractivity contribution in [2.75, 3.05) is 11.9 Å². The molecule has 1 atom stereocenters. The van der Waals surface area contributed by atoms with Crippen molar-refractivity contribution in [3.8, 4) is 0 Å². The first-order valence-corrected chi connectivity index (χ1v) is 7.83. The van der Waals surface area contributed by atoms with Gasteiger partial charge in [0, 0.05) is 5.25 Å². The van der Waals surface area contributed by atoms with Crippen LogP contribution in [0.1, 0.15) is 32.4 Å². The standard InChI is InChI=1S/C14H18F3N3S/c1-3-9(4-2)11-8-19-13(21-11)20-10-5-6-12(18-7-10)14(15,16)17/h5-7,9,11H,3-4,8H2,1-2H3,(H,19,20). The van der Waals surface area contributed by atoms with Gasteiger partial charge in [0.05, 0.1) is 18.4 Å². The summed E-state index contributed by atoms with van der Waals surface area (Å²) in [5.74, 6) is 0.615. The van der Waals surface area contributed by atoms with E-state index in [0.717, 1.165) is 30.6 Å². The maximum Gasteiger partial charge on any atom is 0.433 e. The van der Waals surface area contributed by atoms with Crippen molar-refractivity contribution < 1.29 is 13.2 Å². The molecule has 116 valence electrons. The minimum absolute atomic E-state index is 0.449. The normalized spacial score (nSPS) is 19.0. The molecule has 0 aliphatic carbocycles. The molecule has 0 radical (unpaired) electrons. The van der Waals surface area contributed by atoms with E-state index in [9.17, 15) is 13.2 Å². The van der Waals surface area contributed by atoms with Crippen LogP contribution in [0.2, 0.25) is 0 Å². The second kappa shape index (κ2) is 6.68. The van der Waals surface area contributed by atoms with Gasteiger partial charge < -0.3 is 5.32 Å². The Kier molecular flexibility index (Phi) is 5.13. The molecule has 2 heterocycles. The molecule has 3 nitrogen and oxygen atoms in total. The quantitative estimate of drug-likeness (QED) is 0.893. The van der Waals surface area contributed by atoms with Gasteiger partial charge >= 0.3 is 6.18 Å². The van der Waals surface area contributed by atoms with Gasteiger partial charge in [0.25, 0.3) is 0 Å². The topological polar surface area (TPSA) is 37.3 Å². The molecule has 0 saturated heterocycles. The maximum absolute atomic E-state index is 12.4. The van der Waals surface area contributed by atoms with Gasteiger partial charge in [-0.3, -0.25) is 4.99 Å². The number of nitrogens with one attached hydrogen (secondary N) is 1. The molecule has 21 heavy (non-hydrogen) atoms. The van der Waals surface area contributed by atoms with Crippen molar-refractivity contribution in [2.45, 2.75) is 38.1 Å². The number of hydrogen-bond donors (Lipinski definition) is 1. The average molecular weight is 317 g/mol. The molecule has 1 unspecified atom stereocenters. The van der Waals surface area contributed by atoms with E-state index in [-0.39, 0.29) is 0 Å². The highest BCUT2D eigenvalue weighted by Gasteiger charge is 2.32. The van der Waals surface area contributed by atoms with Crippen molar-refractivity contribution in [1.29, 1.82) is 0 Å². The number of pyridine rings is 1. The Morgan fingerprint density at radius 1 is 1.33 bits per heavy atom. The number of hydrogen-bond acceptors (Lipinski definition) is 4. The maximum atomic E-state index is 12.4. The number of rotatable bonds is 4. The van der Waals surface area contributed by atoms with E-state index in [2.05, 4.69) is 29.1 Å². The van der Waals surface area contributed by atoms with Gasteiger partial charge in [-0.2, -0.15) is 13.2 Å². The summed E-state index contributed by atoms with van der Waals surface area (Å²) in [6.07, 6.45) is -0.993. The Hall–Kier alpha value is -1.24. The number of anilines is 1. The number of aliphatic imine (C=N–C) groups is 1. The molecule has 0 saturated carbocycles. The van der Waals surface area contributed by atoms with Crippen molar-refractivity contribution in [1.82, 2.24) is 4.98 Å². The molecule has 7 heteroatoms. The summed E-state index contributed by atoms with van der Waals surface area (Å²) in [7, 11) is 0. The molecule has 2 rings (SSSR count). The first-order chi connectivity index (χ1) is 9.94. The lowest BCUT2D eigenvalue weighted by Gasteiger charge is -2.18. The Balaban J connectivity index is 1.94. The van der Waals surface area contributed by atoms with Crippen molar-refractivity contribution >= 4 is 22.6 Å². The van der Waals surface area contributed by atoms with Crippen molar-refractivity contribution in [3.05, 3.63) is 24.0 Å². The lowest BCUT2D eigenvalue weighted by Crippen LogP contribution is -2.17. The fourth-order valence-electron chi connectivity index (χ4n) is 2.28. The average Bonchev–Trinajstić information content (AvgIpc) is 2.88. The Morgan fingerprint density at radius 3 is 2.57 bits per heavy atom. The minimum atomic E-state index is -4.40. The highest BCUT2D eigenvalue weighted by Crippen LogP contribution is 2.32. The van der Waals surface area contributed by atoms with Gasteiger partial charge in [-0.15, -0.1) is 0 Å². The largest absolute Gasteiger partial charge is 0.433 e. The van der Waals surface area contributed by atoms with E-state index < -0.39 is 11.9 Å². The van der Waals surface area contributed by atoms with Crippen molar-refractivity contribution in [2.24, 2.45) is 10.9 Å². The number of amidine groups is 1. The third-order valence-electron chi connectivity index (χ3n) is 3.56. The summed E-state index contributed by atoms with van der Waals surface area (Å²) in [6.45, 7) is 5.09. The molecular formula is C14H18F3N3S. The van der Waals surface area contributed by atoms with E-state index in [4.69, 9.17) is 0 Å². The zero-order chi connectivity index (χ0) is 15.5. The van der Waals surface area contributed by atoms with Gasteiger partial charge in [0.15, 0.2) is 5.17 Å². The molecule has 0 aromatic carbocycles. The number of halogens is 3. The van der Waals surface area contributed by atoms with Gasteiger partial charge in [0.1, 0.15) is 5.69 Å². The van der Waals surface area contributed by atoms with E-state index in [0.29, 0.717) is 16.9 Å². The fraction of sp³-hybridized carbons (Fsp3) is 0.571. The lowest BCUT2D eigenvalue weighted by molar-refractivity contribution is -0.141. The summed E-state index contributed by atoms with van der Waals surface area (Å²) >= 11 is 1.66. The summed E-state index contributed by atoms with van der Waals surface area (Å²) in [6, 6.07) is 2.35. The number of nitrogens with zero attached hydrogens (tertiary/aromatic N) is 2. The van der Waals surface area contributed by atoms with Crippen LogP contribution in [0.5, 0.6) is 0 Å². The highest BCUT2D eigenvalue weighted by molar-refractivity contribution is 8.15. The van der Waals surface area contributed by atoms with Crippen LogP contribution in [0.3, 0.4) is 0 Å². The van der Waals surface area contributed by atoms with Crippen molar-refractivity contribution in [3.63, 3.8) is 0 Å². The second-order valence-electron chi connectivity index (χ2n) is 4.93. The van der Waals surface area contributed by atoms with Crippen LogP contribution in [0.15, 0.2) is 23.3 Å². The van der Waals surface area contributed by atoms with E-state index in [1.165, 1.54) is 12.3 Å². The van der Waals surface area contributed by atoms with Crippen LogP contribution in [0, 0.1) is 5.92 Å². The zero-order valence-electron chi connectivity index (χ0n) is 11.9. The molecule has 1 aliphatic heterocycles. The Labute approximate surface area is 126 Å². The number of alkyl halides is 3. The third-order valence-corrected chi connectivity index (χ3v) is 4.85. The highest BCUT2D eigenvalue weighted by atomic mass is 32.2. The van der Waals surface area contributed by atoms with E-state index in [1.807, 2.05) is 0 Å². The first kappa shape index (κ1) is 16.1. The van der Waals surface area contributed by atoms with Crippen LogP contribution in [-0.2, 0) is 6.18 Å². The third kappa shape index (κ3) is 4.12. The molecule has 1 aromatic rings. The molecule has 1 aromatic heterocycles. The van der Waals surface area contributed by atoms with Crippen LogP contribution in [0.25, 0.3) is 0 Å². The summed E-state index contributed by atoms with van der Waals surface area (Å²) < 4.78 is 37.3. The summed E-state index contributed by atoms with van der Waals surface area (Å²) in [4.78, 5) is 7.85. The molecule has 0 amide bonds. The molecule has 0 fully saturated rings. The zero-order valence-corrected chi connectivity index (χ0v) is 12.8. The Morgan fingerprint density at radius 2 is 2.05 bits per heavy atom. The number of aromatic nitrogens is 1. The molecular weight excluding hydrogens is 299 g/mol. The van der Waals surface area contributed by atoms with E-state index >= 15 is 0 Å². The molecule has 0 spiro atoms. The van der Waals surface area contributed by atoms with Crippen LogP contribution >= 0.6 is 11.8 Å². The minimum Gasteiger partial charge on any atom is -0.334 e. The van der Waals surface area contributed by atoms with Crippen LogP contribution in [-0.4, -0.2) is 21.9 Å². The van der Waals surface area contributed by atoms with E-state index in [1.54, 1.807) is 11.8 Å². The Bertz CT molecular complexity index is 495. The predicted octanol–water partition coefficient (Wildman–Crippen LogP) is 4.42.